The number of halogens is 1. The molecule has 0 aliphatic carbocycles. The summed E-state index contributed by atoms with van der Waals surface area (Å²) >= 11 is 0. The zero-order chi connectivity index (χ0) is 25.7. The molecule has 0 spiro atoms. The third kappa shape index (κ3) is 5.41. The predicted octanol–water partition coefficient (Wildman–Crippen LogP) is 3.14. The van der Waals surface area contributed by atoms with Crippen LogP contribution in [0, 0.1) is 24.1 Å². The number of aliphatic hydroxyl groups excluding tert-OH is 2. The summed E-state index contributed by atoms with van der Waals surface area (Å²) in [5, 5.41) is 32.8. The number of anilines is 1. The Balaban J connectivity index is 1.51. The van der Waals surface area contributed by atoms with Crippen molar-refractivity contribution in [2.45, 2.75) is 19.6 Å². The molecule has 11 heteroatoms. The van der Waals surface area contributed by atoms with E-state index in [9.17, 15) is 19.9 Å². The number of aliphatic hydroxyl groups is 2. The average Bonchev–Trinajstić information content (AvgIpc) is 3.20. The van der Waals surface area contributed by atoms with Crippen molar-refractivity contribution in [3.05, 3.63) is 77.6 Å². The molecule has 0 saturated carbocycles. The molecule has 2 aromatic heterocycles. The van der Waals surface area contributed by atoms with Crippen molar-refractivity contribution in [1.82, 2.24) is 19.7 Å². The first-order valence-corrected chi connectivity index (χ1v) is 10.9. The van der Waals surface area contributed by atoms with Gasteiger partial charge in [0.1, 0.15) is 64.7 Å². The molecule has 0 atom stereocenters. The van der Waals surface area contributed by atoms with Gasteiger partial charge in [-0.3, -0.25) is 0 Å². The molecular formula is C25H23FN6O4. The molecular weight excluding hydrogens is 467 g/mol. The highest BCUT2D eigenvalue weighted by Crippen LogP contribution is 2.32. The zero-order valence-electron chi connectivity index (χ0n) is 19.3. The SMILES string of the molecule is Cc1ncc(COc2cc(F)cc(Oc3ccc(-c4nn(C(CO)CO)c(N)c4C#N)cc3)c2)cn1. The maximum atomic E-state index is 14.2. The number of hydrogen-bond donors (Lipinski definition) is 3. The fraction of sp³-hybridized carbons (Fsp3) is 0.200. The number of hydrogen-bond acceptors (Lipinski definition) is 9. The molecule has 0 aliphatic heterocycles. The normalized spacial score (nSPS) is 10.9. The Labute approximate surface area is 206 Å². The van der Waals surface area contributed by atoms with Gasteiger partial charge in [0.05, 0.1) is 13.2 Å². The summed E-state index contributed by atoms with van der Waals surface area (Å²) in [7, 11) is 0. The van der Waals surface area contributed by atoms with Crippen LogP contribution in [0.2, 0.25) is 0 Å². The van der Waals surface area contributed by atoms with Crippen molar-refractivity contribution in [3.63, 3.8) is 0 Å². The van der Waals surface area contributed by atoms with E-state index in [1.807, 2.05) is 6.07 Å². The van der Waals surface area contributed by atoms with Crippen LogP contribution < -0.4 is 15.2 Å². The van der Waals surface area contributed by atoms with Gasteiger partial charge in [-0.05, 0) is 31.2 Å². The number of nitrogens with two attached hydrogens (primary N) is 1. The van der Waals surface area contributed by atoms with Crippen LogP contribution in [-0.4, -0.2) is 43.2 Å². The third-order valence-electron chi connectivity index (χ3n) is 5.27. The van der Waals surface area contributed by atoms with Gasteiger partial charge in [0, 0.05) is 41.7 Å². The number of benzene rings is 2. The maximum Gasteiger partial charge on any atom is 0.140 e. The summed E-state index contributed by atoms with van der Waals surface area (Å²) in [6, 6.07) is 11.9. The molecule has 0 unspecified atom stereocenters. The van der Waals surface area contributed by atoms with Crippen molar-refractivity contribution >= 4 is 5.82 Å². The van der Waals surface area contributed by atoms with E-state index in [1.54, 1.807) is 49.6 Å². The van der Waals surface area contributed by atoms with Crippen LogP contribution in [0.25, 0.3) is 11.3 Å². The quantitative estimate of drug-likeness (QED) is 0.321. The van der Waals surface area contributed by atoms with Crippen LogP contribution in [0.3, 0.4) is 0 Å². The number of aryl methyl sites for hydroxylation is 1. The minimum Gasteiger partial charge on any atom is -0.489 e. The first kappa shape index (κ1) is 24.6. The number of nitrogen functional groups attached to an aromatic ring is 1. The van der Waals surface area contributed by atoms with E-state index in [0.717, 1.165) is 5.56 Å². The number of ether oxygens (including phenoxy) is 2. The topological polar surface area (TPSA) is 152 Å². The summed E-state index contributed by atoms with van der Waals surface area (Å²) < 4.78 is 26.8. The summed E-state index contributed by atoms with van der Waals surface area (Å²) in [6.07, 6.45) is 3.28. The second kappa shape index (κ2) is 10.8. The molecule has 36 heavy (non-hydrogen) atoms. The van der Waals surface area contributed by atoms with Crippen LogP contribution in [0.4, 0.5) is 10.2 Å². The van der Waals surface area contributed by atoms with Crippen molar-refractivity contribution in [3.8, 4) is 34.6 Å². The van der Waals surface area contributed by atoms with Gasteiger partial charge in [0.2, 0.25) is 0 Å². The lowest BCUT2D eigenvalue weighted by Crippen LogP contribution is -2.20. The molecule has 184 valence electrons. The predicted molar refractivity (Wildman–Crippen MR) is 128 cm³/mol. The Morgan fingerprint density at radius 2 is 1.72 bits per heavy atom. The van der Waals surface area contributed by atoms with Crippen LogP contribution in [0.5, 0.6) is 17.2 Å². The van der Waals surface area contributed by atoms with E-state index in [-0.39, 0.29) is 29.5 Å². The second-order valence-electron chi connectivity index (χ2n) is 7.86. The molecule has 2 heterocycles. The number of nitriles is 1. The van der Waals surface area contributed by atoms with Gasteiger partial charge in [-0.25, -0.2) is 19.0 Å². The monoisotopic (exact) mass is 490 g/mol. The summed E-state index contributed by atoms with van der Waals surface area (Å²) in [6.45, 7) is 1.17. The molecule has 4 rings (SSSR count). The highest BCUT2D eigenvalue weighted by atomic mass is 19.1. The fourth-order valence-electron chi connectivity index (χ4n) is 3.41. The molecule has 4 N–H and O–H groups in total. The van der Waals surface area contributed by atoms with Gasteiger partial charge < -0.3 is 25.4 Å². The molecule has 4 aromatic rings. The number of rotatable bonds is 9. The van der Waals surface area contributed by atoms with Crippen LogP contribution >= 0.6 is 0 Å². The van der Waals surface area contributed by atoms with Crippen LogP contribution in [0.15, 0.2) is 54.9 Å². The summed E-state index contributed by atoms with van der Waals surface area (Å²) in [4.78, 5) is 8.21. The molecule has 0 bridgehead atoms. The minimum absolute atomic E-state index is 0.0467. The highest BCUT2D eigenvalue weighted by molar-refractivity contribution is 5.73. The first-order chi connectivity index (χ1) is 17.4. The van der Waals surface area contributed by atoms with Crippen molar-refractivity contribution in [1.29, 1.82) is 5.26 Å². The maximum absolute atomic E-state index is 14.2. The lowest BCUT2D eigenvalue weighted by molar-refractivity contribution is 0.148. The van der Waals surface area contributed by atoms with Crippen LogP contribution in [-0.2, 0) is 6.61 Å². The van der Waals surface area contributed by atoms with E-state index < -0.39 is 25.1 Å². The Morgan fingerprint density at radius 3 is 2.36 bits per heavy atom. The van der Waals surface area contributed by atoms with E-state index in [1.165, 1.54) is 16.8 Å². The van der Waals surface area contributed by atoms with Crippen molar-refractivity contribution in [2.75, 3.05) is 18.9 Å². The van der Waals surface area contributed by atoms with Gasteiger partial charge in [0.15, 0.2) is 0 Å². The largest absolute Gasteiger partial charge is 0.489 e. The number of aromatic nitrogens is 4. The minimum atomic E-state index is -0.767. The van der Waals surface area contributed by atoms with Crippen LogP contribution in [0.1, 0.15) is 23.0 Å². The van der Waals surface area contributed by atoms with E-state index in [0.29, 0.717) is 22.8 Å². The average molecular weight is 490 g/mol. The summed E-state index contributed by atoms with van der Waals surface area (Å²) in [5.74, 6) is 1.09. The molecule has 0 saturated heterocycles. The molecule has 0 amide bonds. The zero-order valence-corrected chi connectivity index (χ0v) is 19.3. The molecule has 0 radical (unpaired) electrons. The van der Waals surface area contributed by atoms with Gasteiger partial charge >= 0.3 is 0 Å². The van der Waals surface area contributed by atoms with E-state index in [4.69, 9.17) is 15.2 Å². The second-order valence-corrected chi connectivity index (χ2v) is 7.86. The lowest BCUT2D eigenvalue weighted by Gasteiger charge is -2.12. The first-order valence-electron chi connectivity index (χ1n) is 10.9. The van der Waals surface area contributed by atoms with Crippen molar-refractivity contribution < 1.29 is 24.1 Å². The molecule has 2 aromatic carbocycles. The molecule has 10 nitrogen and oxygen atoms in total. The van der Waals surface area contributed by atoms with E-state index >= 15 is 0 Å². The Hall–Kier alpha value is -4.53. The Bertz CT molecular complexity index is 1380. The fourth-order valence-corrected chi connectivity index (χ4v) is 3.41. The smallest absolute Gasteiger partial charge is 0.140 e. The highest BCUT2D eigenvalue weighted by Gasteiger charge is 2.21. The summed E-state index contributed by atoms with van der Waals surface area (Å²) in [5.41, 5.74) is 7.75. The molecule has 0 aliphatic rings. The van der Waals surface area contributed by atoms with Gasteiger partial charge in [-0.1, -0.05) is 0 Å². The molecule has 0 fully saturated rings. The Morgan fingerprint density at radius 1 is 1.06 bits per heavy atom. The van der Waals surface area contributed by atoms with Gasteiger partial charge in [-0.15, -0.1) is 0 Å². The van der Waals surface area contributed by atoms with Gasteiger partial charge in [-0.2, -0.15) is 10.4 Å². The Kier molecular flexibility index (Phi) is 7.39. The lowest BCUT2D eigenvalue weighted by atomic mass is 10.1. The standard InChI is InChI=1S/C25H23FN6O4/c1-15-29-10-16(11-30-15)14-35-21-6-18(26)7-22(8-21)36-20-4-2-17(3-5-20)24-23(9-27)25(28)32(31-24)19(12-33)13-34/h2-8,10-11,19,33-34H,12-14,28H2,1H3. The number of nitrogens with zero attached hydrogens (tertiary/aromatic N) is 5. The third-order valence-corrected chi connectivity index (χ3v) is 5.27. The van der Waals surface area contributed by atoms with Crippen molar-refractivity contribution in [2.24, 2.45) is 0 Å². The van der Waals surface area contributed by atoms with E-state index in [2.05, 4.69) is 15.1 Å². The van der Waals surface area contributed by atoms with Gasteiger partial charge in [0.25, 0.3) is 0 Å².